The maximum absolute atomic E-state index is 12.1. The Morgan fingerprint density at radius 1 is 1.31 bits per heavy atom. The van der Waals surface area contributed by atoms with Crippen LogP contribution in [0, 0.1) is 5.92 Å². The molecule has 2 heterocycles. The minimum atomic E-state index is -0.446. The topological polar surface area (TPSA) is 96.7 Å². The standard InChI is InChI=1S/C19H35N7O2.HI/c1-6-16-24-23-14-26(16)12-9-21-17(20-5)22-13-15-7-10-25(11-8-15)18(27)28-19(2,3)4;/h14-15H,6-13H2,1-5H3,(H2,20,21,22);1H. The molecule has 1 saturated heterocycles. The molecule has 0 aromatic carbocycles. The normalized spacial score (nSPS) is 15.6. The van der Waals surface area contributed by atoms with Gasteiger partial charge in [-0.25, -0.2) is 4.79 Å². The Bertz CT molecular complexity index is 649. The van der Waals surface area contributed by atoms with Crippen molar-refractivity contribution in [3.8, 4) is 0 Å². The predicted molar refractivity (Wildman–Crippen MR) is 125 cm³/mol. The first-order valence-electron chi connectivity index (χ1n) is 10.1. The zero-order valence-corrected chi connectivity index (χ0v) is 20.6. The van der Waals surface area contributed by atoms with E-state index in [0.717, 1.165) is 63.8 Å². The van der Waals surface area contributed by atoms with Crippen LogP contribution in [0.5, 0.6) is 0 Å². The number of aryl methyl sites for hydroxylation is 1. The molecule has 166 valence electrons. The molecule has 29 heavy (non-hydrogen) atoms. The second-order valence-corrected chi connectivity index (χ2v) is 8.08. The fraction of sp³-hybridized carbons (Fsp3) is 0.789. The molecule has 0 atom stereocenters. The van der Waals surface area contributed by atoms with Gasteiger partial charge in [-0.05, 0) is 39.5 Å². The zero-order chi connectivity index (χ0) is 20.6. The summed E-state index contributed by atoms with van der Waals surface area (Å²) in [5.41, 5.74) is -0.446. The molecule has 1 fully saturated rings. The fourth-order valence-corrected chi connectivity index (χ4v) is 3.14. The molecule has 10 heteroatoms. The molecule has 0 aliphatic carbocycles. The van der Waals surface area contributed by atoms with Crippen LogP contribution in [0.1, 0.15) is 46.4 Å². The lowest BCUT2D eigenvalue weighted by atomic mass is 9.97. The van der Waals surface area contributed by atoms with Crippen molar-refractivity contribution >= 4 is 36.0 Å². The molecule has 0 spiro atoms. The van der Waals surface area contributed by atoms with Gasteiger partial charge in [-0.15, -0.1) is 34.2 Å². The summed E-state index contributed by atoms with van der Waals surface area (Å²) < 4.78 is 7.50. The summed E-state index contributed by atoms with van der Waals surface area (Å²) >= 11 is 0. The number of aliphatic imine (C=N–C) groups is 1. The Hall–Kier alpha value is -1.59. The van der Waals surface area contributed by atoms with Gasteiger partial charge in [0.1, 0.15) is 17.8 Å². The summed E-state index contributed by atoms with van der Waals surface area (Å²) in [6, 6.07) is 0. The lowest BCUT2D eigenvalue weighted by Crippen LogP contribution is -2.45. The Morgan fingerprint density at radius 2 is 2.00 bits per heavy atom. The van der Waals surface area contributed by atoms with Gasteiger partial charge in [-0.2, -0.15) is 0 Å². The van der Waals surface area contributed by atoms with Crippen molar-refractivity contribution in [3.05, 3.63) is 12.2 Å². The quantitative estimate of drug-likeness (QED) is 0.339. The molecule has 1 aliphatic heterocycles. The number of halogens is 1. The second-order valence-electron chi connectivity index (χ2n) is 8.08. The van der Waals surface area contributed by atoms with Crippen molar-refractivity contribution in [1.29, 1.82) is 0 Å². The first kappa shape index (κ1) is 25.4. The van der Waals surface area contributed by atoms with Crippen molar-refractivity contribution in [2.45, 2.75) is 59.1 Å². The number of hydrogen-bond acceptors (Lipinski definition) is 5. The van der Waals surface area contributed by atoms with Crippen LogP contribution in [0.3, 0.4) is 0 Å². The van der Waals surface area contributed by atoms with E-state index in [9.17, 15) is 4.79 Å². The van der Waals surface area contributed by atoms with Crippen LogP contribution in [0.15, 0.2) is 11.3 Å². The summed E-state index contributed by atoms with van der Waals surface area (Å²) in [6.45, 7) is 11.6. The van der Waals surface area contributed by atoms with E-state index < -0.39 is 5.60 Å². The van der Waals surface area contributed by atoms with Gasteiger partial charge in [0.25, 0.3) is 0 Å². The van der Waals surface area contributed by atoms with Gasteiger partial charge >= 0.3 is 6.09 Å². The van der Waals surface area contributed by atoms with Crippen LogP contribution < -0.4 is 10.6 Å². The molecule has 1 aromatic rings. The van der Waals surface area contributed by atoms with E-state index in [-0.39, 0.29) is 30.1 Å². The van der Waals surface area contributed by atoms with Gasteiger partial charge in [-0.1, -0.05) is 6.92 Å². The fourth-order valence-electron chi connectivity index (χ4n) is 3.14. The zero-order valence-electron chi connectivity index (χ0n) is 18.3. The smallest absolute Gasteiger partial charge is 0.410 e. The van der Waals surface area contributed by atoms with Gasteiger partial charge < -0.3 is 24.8 Å². The maximum atomic E-state index is 12.1. The van der Waals surface area contributed by atoms with E-state index in [1.54, 1.807) is 18.3 Å². The second kappa shape index (κ2) is 12.2. The molecule has 2 rings (SSSR count). The van der Waals surface area contributed by atoms with Crippen LogP contribution in [-0.4, -0.2) is 70.5 Å². The third-order valence-corrected chi connectivity index (χ3v) is 4.71. The lowest BCUT2D eigenvalue weighted by molar-refractivity contribution is 0.0185. The number of aromatic nitrogens is 3. The third-order valence-electron chi connectivity index (χ3n) is 4.71. The van der Waals surface area contributed by atoms with Crippen molar-refractivity contribution in [3.63, 3.8) is 0 Å². The third kappa shape index (κ3) is 8.75. The monoisotopic (exact) mass is 521 g/mol. The van der Waals surface area contributed by atoms with E-state index in [4.69, 9.17) is 4.74 Å². The van der Waals surface area contributed by atoms with E-state index in [1.807, 2.05) is 25.3 Å². The lowest BCUT2D eigenvalue weighted by Gasteiger charge is -2.33. The highest BCUT2D eigenvalue weighted by Crippen LogP contribution is 2.19. The molecule has 1 amide bonds. The number of amides is 1. The minimum absolute atomic E-state index is 0. The predicted octanol–water partition coefficient (Wildman–Crippen LogP) is 2.27. The minimum Gasteiger partial charge on any atom is -0.444 e. The Kier molecular flexibility index (Phi) is 10.7. The largest absolute Gasteiger partial charge is 0.444 e. The van der Waals surface area contributed by atoms with E-state index >= 15 is 0 Å². The first-order valence-corrected chi connectivity index (χ1v) is 10.1. The molecule has 1 aliphatic rings. The molecule has 9 nitrogen and oxygen atoms in total. The number of nitrogens with zero attached hydrogens (tertiary/aromatic N) is 5. The summed E-state index contributed by atoms with van der Waals surface area (Å²) in [6.07, 6.45) is 4.34. The highest BCUT2D eigenvalue weighted by Gasteiger charge is 2.26. The molecular weight excluding hydrogens is 485 g/mol. The molecule has 0 unspecified atom stereocenters. The van der Waals surface area contributed by atoms with E-state index in [0.29, 0.717) is 5.92 Å². The van der Waals surface area contributed by atoms with Crippen LogP contribution in [0.2, 0.25) is 0 Å². The van der Waals surface area contributed by atoms with Crippen molar-refractivity contribution in [1.82, 2.24) is 30.3 Å². The SMILES string of the molecule is CCc1nncn1CCNC(=NC)NCC1CCN(C(=O)OC(C)(C)C)CC1.I. The molecular formula is C19H36IN7O2. The molecule has 2 N–H and O–H groups in total. The molecule has 0 bridgehead atoms. The Balaban J connectivity index is 0.00000420. The number of piperidine rings is 1. The number of carbonyl (C=O) groups excluding carboxylic acids is 1. The Morgan fingerprint density at radius 3 is 2.59 bits per heavy atom. The molecule has 1 aromatic heterocycles. The number of carbonyl (C=O) groups is 1. The van der Waals surface area contributed by atoms with Crippen LogP contribution >= 0.6 is 24.0 Å². The first-order chi connectivity index (χ1) is 13.3. The number of nitrogens with one attached hydrogen (secondary N) is 2. The number of likely N-dealkylation sites (tertiary alicyclic amines) is 1. The average molecular weight is 521 g/mol. The van der Waals surface area contributed by atoms with Crippen molar-refractivity contribution in [2.24, 2.45) is 10.9 Å². The van der Waals surface area contributed by atoms with Gasteiger partial charge in [0, 0.05) is 46.2 Å². The highest BCUT2D eigenvalue weighted by molar-refractivity contribution is 14.0. The van der Waals surface area contributed by atoms with Crippen LogP contribution in [-0.2, 0) is 17.7 Å². The van der Waals surface area contributed by atoms with Gasteiger partial charge in [0.05, 0.1) is 0 Å². The van der Waals surface area contributed by atoms with Gasteiger partial charge in [0.15, 0.2) is 5.96 Å². The average Bonchev–Trinajstić information content (AvgIpc) is 3.11. The van der Waals surface area contributed by atoms with Crippen molar-refractivity contribution < 1.29 is 9.53 Å². The Labute approximate surface area is 191 Å². The summed E-state index contributed by atoms with van der Waals surface area (Å²) in [7, 11) is 1.77. The van der Waals surface area contributed by atoms with Crippen LogP contribution in [0.4, 0.5) is 4.79 Å². The van der Waals surface area contributed by atoms with E-state index in [1.165, 1.54) is 0 Å². The van der Waals surface area contributed by atoms with Gasteiger partial charge in [0.2, 0.25) is 0 Å². The summed E-state index contributed by atoms with van der Waals surface area (Å²) in [5, 5.41) is 14.8. The number of guanidine groups is 1. The summed E-state index contributed by atoms with van der Waals surface area (Å²) in [4.78, 5) is 18.2. The van der Waals surface area contributed by atoms with Crippen molar-refractivity contribution in [2.75, 3.05) is 33.2 Å². The summed E-state index contributed by atoms with van der Waals surface area (Å²) in [5.74, 6) is 2.30. The number of rotatable bonds is 6. The highest BCUT2D eigenvalue weighted by atomic mass is 127. The molecule has 0 saturated carbocycles. The maximum Gasteiger partial charge on any atom is 0.410 e. The van der Waals surface area contributed by atoms with E-state index in [2.05, 4.69) is 32.7 Å². The number of ether oxygens (including phenoxy) is 1. The van der Waals surface area contributed by atoms with Crippen LogP contribution in [0.25, 0.3) is 0 Å². The number of hydrogen-bond donors (Lipinski definition) is 2. The molecule has 0 radical (unpaired) electrons. The van der Waals surface area contributed by atoms with Gasteiger partial charge in [-0.3, -0.25) is 4.99 Å².